The average molecular weight is 633 g/mol. The van der Waals surface area contributed by atoms with Gasteiger partial charge in [-0.05, 0) is 62.2 Å². The molecular formula is C31H40N2O2S5. The second-order valence-electron chi connectivity index (χ2n) is 9.75. The SMILES string of the molecule is C[C@@H](NC(=O)CCCCCSc1sc(=S)sc1SCCCCCC(=O)N[C@H](C)c1ccccc1)c1ccccc1. The molecule has 2 atom stereocenters. The summed E-state index contributed by atoms with van der Waals surface area (Å²) in [5.41, 5.74) is 2.27. The lowest BCUT2D eigenvalue weighted by Gasteiger charge is -2.14. The van der Waals surface area contributed by atoms with Crippen LogP contribution in [0.1, 0.15) is 88.4 Å². The van der Waals surface area contributed by atoms with Gasteiger partial charge < -0.3 is 10.6 Å². The fourth-order valence-electron chi connectivity index (χ4n) is 4.17. The first-order valence-electron chi connectivity index (χ1n) is 14.0. The molecule has 2 N–H and O–H groups in total. The van der Waals surface area contributed by atoms with Crippen molar-refractivity contribution in [2.45, 2.75) is 85.7 Å². The van der Waals surface area contributed by atoms with Crippen LogP contribution in [0, 0.1) is 3.14 Å². The maximum atomic E-state index is 12.3. The predicted molar refractivity (Wildman–Crippen MR) is 177 cm³/mol. The van der Waals surface area contributed by atoms with Crippen LogP contribution in [-0.2, 0) is 9.59 Å². The molecule has 0 bridgehead atoms. The van der Waals surface area contributed by atoms with Gasteiger partial charge in [0.2, 0.25) is 11.8 Å². The monoisotopic (exact) mass is 632 g/mol. The minimum atomic E-state index is 0.0427. The van der Waals surface area contributed by atoms with E-state index in [0.717, 1.165) is 64.3 Å². The lowest BCUT2D eigenvalue weighted by molar-refractivity contribution is -0.122. The van der Waals surface area contributed by atoms with E-state index in [-0.39, 0.29) is 23.9 Å². The van der Waals surface area contributed by atoms with Crippen LogP contribution in [0.25, 0.3) is 0 Å². The summed E-state index contributed by atoms with van der Waals surface area (Å²) < 4.78 is 3.66. The number of amides is 2. The number of carbonyl (C=O) groups is 2. The van der Waals surface area contributed by atoms with E-state index in [9.17, 15) is 9.59 Å². The molecule has 4 nitrogen and oxygen atoms in total. The van der Waals surface area contributed by atoms with E-state index in [4.69, 9.17) is 12.2 Å². The minimum absolute atomic E-state index is 0.0427. The van der Waals surface area contributed by atoms with Gasteiger partial charge in [-0.3, -0.25) is 9.59 Å². The van der Waals surface area contributed by atoms with Crippen molar-refractivity contribution in [2.75, 3.05) is 11.5 Å². The summed E-state index contributed by atoms with van der Waals surface area (Å²) in [4.78, 5) is 24.6. The van der Waals surface area contributed by atoms with Gasteiger partial charge in [0.1, 0.15) is 3.14 Å². The summed E-state index contributed by atoms with van der Waals surface area (Å²) in [6.45, 7) is 4.06. The van der Waals surface area contributed by atoms with E-state index >= 15 is 0 Å². The van der Waals surface area contributed by atoms with Gasteiger partial charge in [0.05, 0.1) is 20.5 Å². The maximum absolute atomic E-state index is 12.3. The molecule has 3 aromatic rings. The molecule has 0 fully saturated rings. The quantitative estimate of drug-likeness (QED) is 0.0831. The highest BCUT2D eigenvalue weighted by Crippen LogP contribution is 2.41. The molecule has 216 valence electrons. The van der Waals surface area contributed by atoms with Gasteiger partial charge in [-0.2, -0.15) is 0 Å². The number of thioether (sulfide) groups is 2. The van der Waals surface area contributed by atoms with Crippen molar-refractivity contribution in [3.63, 3.8) is 0 Å². The largest absolute Gasteiger partial charge is 0.350 e. The second kappa shape index (κ2) is 18.7. The molecule has 2 amide bonds. The van der Waals surface area contributed by atoms with E-state index in [0.29, 0.717) is 12.8 Å². The van der Waals surface area contributed by atoms with Crippen LogP contribution in [-0.4, -0.2) is 23.3 Å². The van der Waals surface area contributed by atoms with Crippen LogP contribution in [0.3, 0.4) is 0 Å². The Kier molecular flexibility index (Phi) is 15.4. The lowest BCUT2D eigenvalue weighted by atomic mass is 10.1. The van der Waals surface area contributed by atoms with E-state index < -0.39 is 0 Å². The Labute approximate surface area is 261 Å². The van der Waals surface area contributed by atoms with E-state index in [1.807, 2.05) is 98.0 Å². The zero-order valence-corrected chi connectivity index (χ0v) is 27.4. The van der Waals surface area contributed by atoms with Crippen LogP contribution >= 0.6 is 58.4 Å². The third-order valence-corrected chi connectivity index (χ3v) is 12.2. The summed E-state index contributed by atoms with van der Waals surface area (Å²) in [5, 5.41) is 6.20. The van der Waals surface area contributed by atoms with Crippen molar-refractivity contribution in [1.29, 1.82) is 0 Å². The lowest BCUT2D eigenvalue weighted by Crippen LogP contribution is -2.26. The van der Waals surface area contributed by atoms with E-state index in [1.165, 1.54) is 8.42 Å². The molecule has 1 aromatic heterocycles. The standard InChI is InChI=1S/C31H40N2O2S5/c1-23(25-15-7-3-8-16-25)32-27(34)19-11-5-13-21-37-29-30(40-31(36)39-29)38-22-14-6-12-20-28(35)33-24(2)26-17-9-4-10-18-26/h3-4,7-10,15-18,23-24H,5-6,11-14,19-22H2,1-2H3,(H,32,34)(H,33,35)/t23-,24-/m1/s1. The van der Waals surface area contributed by atoms with Crippen molar-refractivity contribution < 1.29 is 9.59 Å². The highest BCUT2D eigenvalue weighted by molar-refractivity contribution is 8.05. The molecule has 3 rings (SSSR count). The number of unbranched alkanes of at least 4 members (excludes halogenated alkanes) is 4. The number of carbonyl (C=O) groups excluding carboxylic acids is 2. The molecule has 0 spiro atoms. The molecule has 0 saturated carbocycles. The van der Waals surface area contributed by atoms with Crippen LogP contribution in [0.5, 0.6) is 0 Å². The van der Waals surface area contributed by atoms with Gasteiger partial charge in [0, 0.05) is 12.8 Å². The molecule has 0 aliphatic rings. The minimum Gasteiger partial charge on any atom is -0.350 e. The van der Waals surface area contributed by atoms with Crippen LogP contribution in [0.15, 0.2) is 69.1 Å². The van der Waals surface area contributed by atoms with Crippen molar-refractivity contribution in [1.82, 2.24) is 10.6 Å². The van der Waals surface area contributed by atoms with Gasteiger partial charge >= 0.3 is 0 Å². The first-order valence-corrected chi connectivity index (χ1v) is 18.0. The average Bonchev–Trinajstić information content (AvgIpc) is 3.32. The number of benzene rings is 2. The summed E-state index contributed by atoms with van der Waals surface area (Å²) in [5.74, 6) is 2.35. The van der Waals surface area contributed by atoms with Crippen molar-refractivity contribution >= 4 is 70.2 Å². The van der Waals surface area contributed by atoms with Gasteiger partial charge in [0.25, 0.3) is 0 Å². The molecule has 1 heterocycles. The van der Waals surface area contributed by atoms with Gasteiger partial charge in [-0.25, -0.2) is 0 Å². The summed E-state index contributed by atoms with van der Waals surface area (Å²) in [6.07, 6.45) is 7.27. The molecule has 40 heavy (non-hydrogen) atoms. The second-order valence-corrected chi connectivity index (χ2v) is 15.7. The van der Waals surface area contributed by atoms with Gasteiger partial charge in [0.15, 0.2) is 0 Å². The molecule has 0 unspecified atom stereocenters. The number of rotatable bonds is 18. The van der Waals surface area contributed by atoms with Crippen LogP contribution in [0.2, 0.25) is 0 Å². The molecule has 0 aliphatic carbocycles. The van der Waals surface area contributed by atoms with Crippen molar-refractivity contribution in [3.05, 3.63) is 74.9 Å². The smallest absolute Gasteiger partial charge is 0.220 e. The first kappa shape index (κ1) is 32.9. The van der Waals surface area contributed by atoms with Gasteiger partial charge in [-0.1, -0.05) is 85.7 Å². The van der Waals surface area contributed by atoms with E-state index in [2.05, 4.69) is 10.6 Å². The highest BCUT2D eigenvalue weighted by Gasteiger charge is 2.12. The topological polar surface area (TPSA) is 58.2 Å². The third kappa shape index (κ3) is 12.5. The predicted octanol–water partition coefficient (Wildman–Crippen LogP) is 9.60. The Balaban J connectivity index is 1.23. The molecule has 9 heteroatoms. The Morgan fingerprint density at radius 1 is 0.675 bits per heavy atom. The number of nitrogens with one attached hydrogen (secondary N) is 2. The molecule has 0 aliphatic heterocycles. The zero-order chi connectivity index (χ0) is 28.6. The number of hydrogen-bond acceptors (Lipinski definition) is 7. The van der Waals surface area contributed by atoms with Crippen LogP contribution in [0.4, 0.5) is 0 Å². The molecule has 0 radical (unpaired) electrons. The van der Waals surface area contributed by atoms with Crippen molar-refractivity contribution in [2.24, 2.45) is 0 Å². The highest BCUT2D eigenvalue weighted by atomic mass is 32.2. The molecule has 0 saturated heterocycles. The summed E-state index contributed by atoms with van der Waals surface area (Å²) >= 11 is 12.7. The zero-order valence-electron chi connectivity index (χ0n) is 23.4. The summed E-state index contributed by atoms with van der Waals surface area (Å²) in [7, 11) is 0. The fraction of sp³-hybridized carbons (Fsp3) is 0.452. The fourth-order valence-corrected chi connectivity index (χ4v) is 10.4. The normalized spacial score (nSPS) is 12.6. The summed E-state index contributed by atoms with van der Waals surface area (Å²) in [6, 6.07) is 20.2. The molecular weight excluding hydrogens is 593 g/mol. The Hall–Kier alpha value is -1.65. The Morgan fingerprint density at radius 3 is 1.48 bits per heavy atom. The van der Waals surface area contributed by atoms with Gasteiger partial charge in [-0.15, -0.1) is 46.2 Å². The first-order chi connectivity index (χ1) is 19.4. The Morgan fingerprint density at radius 2 is 1.07 bits per heavy atom. The molecule has 2 aromatic carbocycles. The van der Waals surface area contributed by atoms with Crippen LogP contribution < -0.4 is 10.6 Å². The number of hydrogen-bond donors (Lipinski definition) is 2. The maximum Gasteiger partial charge on any atom is 0.220 e. The third-order valence-electron chi connectivity index (χ3n) is 6.44. The Bertz CT molecular complexity index is 1120. The van der Waals surface area contributed by atoms with E-state index in [1.54, 1.807) is 22.7 Å². The van der Waals surface area contributed by atoms with Crippen molar-refractivity contribution in [3.8, 4) is 0 Å².